The summed E-state index contributed by atoms with van der Waals surface area (Å²) in [5.41, 5.74) is 0. The summed E-state index contributed by atoms with van der Waals surface area (Å²) in [6, 6.07) is 0.560. The van der Waals surface area contributed by atoms with Gasteiger partial charge in [-0.1, -0.05) is 6.08 Å². The first-order valence-electron chi connectivity index (χ1n) is 3.74. The van der Waals surface area contributed by atoms with E-state index in [-0.39, 0.29) is 0 Å². The molecule has 2 heteroatoms. The van der Waals surface area contributed by atoms with Gasteiger partial charge in [0.25, 0.3) is 0 Å². The third-order valence-electron chi connectivity index (χ3n) is 1.97. The highest BCUT2D eigenvalue weighted by Crippen LogP contribution is 2.20. The van der Waals surface area contributed by atoms with Crippen LogP contribution in [0, 0.1) is 0 Å². The van der Waals surface area contributed by atoms with Crippen LogP contribution in [0.3, 0.4) is 0 Å². The van der Waals surface area contributed by atoms with Crippen LogP contribution < -0.4 is 0 Å². The van der Waals surface area contributed by atoms with E-state index in [1.807, 2.05) is 18.2 Å². The fourth-order valence-corrected chi connectivity index (χ4v) is 1.24. The van der Waals surface area contributed by atoms with Crippen LogP contribution in [0.25, 0.3) is 0 Å². The molecule has 0 N–H and O–H groups in total. The SMILES string of the molecule is C=CC[C@@H]1C[C@H](C)N(C)O1. The molecule has 1 fully saturated rings. The number of hydroxylamine groups is 2. The molecule has 0 aromatic rings. The number of hydrogen-bond donors (Lipinski definition) is 0. The fourth-order valence-electron chi connectivity index (χ4n) is 1.24. The fraction of sp³-hybridized carbons (Fsp3) is 0.750. The van der Waals surface area contributed by atoms with Gasteiger partial charge in [-0.05, 0) is 19.8 Å². The molecule has 1 heterocycles. The summed E-state index contributed by atoms with van der Waals surface area (Å²) < 4.78 is 0. The summed E-state index contributed by atoms with van der Waals surface area (Å²) in [6.07, 6.45) is 4.38. The van der Waals surface area contributed by atoms with E-state index >= 15 is 0 Å². The van der Waals surface area contributed by atoms with Gasteiger partial charge in [-0.2, -0.15) is 5.06 Å². The second-order valence-corrected chi connectivity index (χ2v) is 2.88. The Morgan fingerprint density at radius 3 is 2.90 bits per heavy atom. The predicted molar refractivity (Wildman–Crippen MR) is 41.5 cm³/mol. The summed E-state index contributed by atoms with van der Waals surface area (Å²) >= 11 is 0. The molecule has 0 amide bonds. The van der Waals surface area contributed by atoms with Crippen molar-refractivity contribution in [1.29, 1.82) is 0 Å². The molecule has 1 rings (SSSR count). The smallest absolute Gasteiger partial charge is 0.0843 e. The lowest BCUT2D eigenvalue weighted by atomic mass is 10.1. The Morgan fingerprint density at radius 2 is 2.50 bits per heavy atom. The molecule has 0 radical (unpaired) electrons. The monoisotopic (exact) mass is 141 g/mol. The number of rotatable bonds is 2. The third kappa shape index (κ3) is 1.58. The van der Waals surface area contributed by atoms with Crippen LogP contribution in [0.5, 0.6) is 0 Å². The second-order valence-electron chi connectivity index (χ2n) is 2.88. The lowest BCUT2D eigenvalue weighted by Crippen LogP contribution is -2.19. The van der Waals surface area contributed by atoms with E-state index in [1.54, 1.807) is 0 Å². The van der Waals surface area contributed by atoms with Crippen LogP contribution in [0.15, 0.2) is 12.7 Å². The highest BCUT2D eigenvalue weighted by molar-refractivity contribution is 4.79. The maximum Gasteiger partial charge on any atom is 0.0843 e. The molecule has 0 bridgehead atoms. The lowest BCUT2D eigenvalue weighted by Gasteiger charge is -2.11. The van der Waals surface area contributed by atoms with Gasteiger partial charge in [0, 0.05) is 13.1 Å². The first-order valence-corrected chi connectivity index (χ1v) is 3.74. The maximum atomic E-state index is 5.48. The average Bonchev–Trinajstić information content (AvgIpc) is 2.14. The normalized spacial score (nSPS) is 34.6. The molecule has 0 spiro atoms. The Morgan fingerprint density at radius 1 is 1.80 bits per heavy atom. The molecule has 1 aliphatic rings. The van der Waals surface area contributed by atoms with Crippen molar-refractivity contribution in [3.8, 4) is 0 Å². The van der Waals surface area contributed by atoms with Crippen LogP contribution in [0.2, 0.25) is 0 Å². The van der Waals surface area contributed by atoms with Crippen molar-refractivity contribution in [2.24, 2.45) is 0 Å². The number of hydrogen-bond acceptors (Lipinski definition) is 2. The van der Waals surface area contributed by atoms with E-state index < -0.39 is 0 Å². The van der Waals surface area contributed by atoms with Gasteiger partial charge >= 0.3 is 0 Å². The molecule has 0 unspecified atom stereocenters. The topological polar surface area (TPSA) is 12.5 Å². The second kappa shape index (κ2) is 3.17. The van der Waals surface area contributed by atoms with Gasteiger partial charge in [0.05, 0.1) is 6.10 Å². The Bertz CT molecular complexity index is 114. The average molecular weight is 141 g/mol. The molecule has 2 nitrogen and oxygen atoms in total. The minimum atomic E-state index is 0.373. The zero-order valence-electron chi connectivity index (χ0n) is 6.71. The highest BCUT2D eigenvalue weighted by Gasteiger charge is 2.25. The standard InChI is InChI=1S/C8H15NO/c1-4-5-8-6-7(2)9(3)10-8/h4,7-8H,1,5-6H2,2-3H3/t7-,8+/m0/s1. The molecule has 0 saturated carbocycles. The van der Waals surface area contributed by atoms with Crippen molar-refractivity contribution in [3.63, 3.8) is 0 Å². The molecular weight excluding hydrogens is 126 g/mol. The molecule has 10 heavy (non-hydrogen) atoms. The lowest BCUT2D eigenvalue weighted by molar-refractivity contribution is -0.139. The van der Waals surface area contributed by atoms with Crippen molar-refractivity contribution in [1.82, 2.24) is 5.06 Å². The van der Waals surface area contributed by atoms with E-state index in [4.69, 9.17) is 4.84 Å². The van der Waals surface area contributed by atoms with Crippen molar-refractivity contribution in [2.75, 3.05) is 7.05 Å². The molecule has 1 saturated heterocycles. The first-order chi connectivity index (χ1) is 4.74. The van der Waals surface area contributed by atoms with E-state index in [9.17, 15) is 0 Å². The van der Waals surface area contributed by atoms with Gasteiger partial charge in [0.2, 0.25) is 0 Å². The zero-order chi connectivity index (χ0) is 7.56. The summed E-state index contributed by atoms with van der Waals surface area (Å²) in [4.78, 5) is 5.48. The van der Waals surface area contributed by atoms with Crippen LogP contribution >= 0.6 is 0 Å². The predicted octanol–water partition coefficient (Wildman–Crippen LogP) is 1.59. The summed E-state index contributed by atoms with van der Waals surface area (Å²) in [6.45, 7) is 5.85. The van der Waals surface area contributed by atoms with Crippen LogP contribution in [-0.2, 0) is 4.84 Å². The largest absolute Gasteiger partial charge is 0.295 e. The summed E-state index contributed by atoms with van der Waals surface area (Å²) in [5, 5.41) is 1.92. The van der Waals surface area contributed by atoms with Gasteiger partial charge in [-0.15, -0.1) is 6.58 Å². The highest BCUT2D eigenvalue weighted by atomic mass is 16.7. The molecule has 1 aliphatic heterocycles. The van der Waals surface area contributed by atoms with Crippen LogP contribution in [-0.4, -0.2) is 24.3 Å². The van der Waals surface area contributed by atoms with Crippen molar-refractivity contribution in [3.05, 3.63) is 12.7 Å². The minimum Gasteiger partial charge on any atom is -0.295 e. The van der Waals surface area contributed by atoms with Gasteiger partial charge in [0.15, 0.2) is 0 Å². The Balaban J connectivity index is 2.33. The van der Waals surface area contributed by atoms with E-state index in [0.717, 1.165) is 12.8 Å². The minimum absolute atomic E-state index is 0.373. The molecule has 0 aromatic heterocycles. The molecule has 58 valence electrons. The van der Waals surface area contributed by atoms with Crippen LogP contribution in [0.1, 0.15) is 19.8 Å². The Hall–Kier alpha value is -0.340. The first kappa shape index (κ1) is 7.76. The molecule has 0 aliphatic carbocycles. The van der Waals surface area contributed by atoms with E-state index in [1.165, 1.54) is 0 Å². The van der Waals surface area contributed by atoms with Gasteiger partial charge in [0.1, 0.15) is 0 Å². The molecule has 0 aromatic carbocycles. The third-order valence-corrected chi connectivity index (χ3v) is 1.97. The Labute approximate surface area is 62.4 Å². The quantitative estimate of drug-likeness (QED) is 0.541. The number of nitrogens with zero attached hydrogens (tertiary/aromatic N) is 1. The summed E-state index contributed by atoms with van der Waals surface area (Å²) in [5.74, 6) is 0. The van der Waals surface area contributed by atoms with E-state index in [0.29, 0.717) is 12.1 Å². The van der Waals surface area contributed by atoms with Gasteiger partial charge in [-0.3, -0.25) is 4.84 Å². The van der Waals surface area contributed by atoms with Crippen molar-refractivity contribution >= 4 is 0 Å². The zero-order valence-corrected chi connectivity index (χ0v) is 6.71. The van der Waals surface area contributed by atoms with Gasteiger partial charge < -0.3 is 0 Å². The molecular formula is C8H15NO. The Kier molecular flexibility index (Phi) is 2.46. The summed E-state index contributed by atoms with van der Waals surface area (Å²) in [7, 11) is 1.98. The van der Waals surface area contributed by atoms with Gasteiger partial charge in [-0.25, -0.2) is 0 Å². The maximum absolute atomic E-state index is 5.48. The van der Waals surface area contributed by atoms with Crippen LogP contribution in [0.4, 0.5) is 0 Å². The van der Waals surface area contributed by atoms with E-state index in [2.05, 4.69) is 13.5 Å². The molecule has 2 atom stereocenters. The van der Waals surface area contributed by atoms with Crippen molar-refractivity contribution in [2.45, 2.75) is 31.9 Å². The van der Waals surface area contributed by atoms with Crippen molar-refractivity contribution < 1.29 is 4.84 Å².